The zero-order chi connectivity index (χ0) is 15.4. The summed E-state index contributed by atoms with van der Waals surface area (Å²) < 4.78 is 5.63. The first-order valence-corrected chi connectivity index (χ1v) is 7.65. The molecule has 1 saturated heterocycles. The second kappa shape index (κ2) is 7.02. The number of morpholine rings is 1. The highest BCUT2D eigenvalue weighted by molar-refractivity contribution is 7.13. The normalized spacial score (nSPS) is 19.0. The molecule has 1 amide bonds. The molecule has 1 aliphatic rings. The van der Waals surface area contributed by atoms with Crippen LogP contribution in [0.5, 0.6) is 0 Å². The SMILES string of the molecule is Cc1ccc(C(=O)N2CCOC(CN(C)CC(=O)O)C2)s1. The van der Waals surface area contributed by atoms with Gasteiger partial charge in [0.15, 0.2) is 0 Å². The second-order valence-electron chi connectivity index (χ2n) is 5.24. The summed E-state index contributed by atoms with van der Waals surface area (Å²) in [7, 11) is 1.74. The Hall–Kier alpha value is -1.44. The zero-order valence-corrected chi connectivity index (χ0v) is 13.1. The Kier molecular flexibility index (Phi) is 5.33. The van der Waals surface area contributed by atoms with Crippen LogP contribution in [0.25, 0.3) is 0 Å². The molecule has 0 spiro atoms. The standard InChI is InChI=1S/C14H20N2O4S/c1-10-3-4-12(21-10)14(19)16-5-6-20-11(8-16)7-15(2)9-13(17)18/h3-4,11H,5-9H2,1-2H3,(H,17,18). The van der Waals surface area contributed by atoms with Gasteiger partial charge in [0.2, 0.25) is 0 Å². The number of hydrogen-bond donors (Lipinski definition) is 1. The van der Waals surface area contributed by atoms with E-state index in [-0.39, 0.29) is 18.6 Å². The topological polar surface area (TPSA) is 70.1 Å². The summed E-state index contributed by atoms with van der Waals surface area (Å²) in [5, 5.41) is 8.76. The fraction of sp³-hybridized carbons (Fsp3) is 0.571. The molecule has 2 rings (SSSR count). The molecule has 1 aliphatic heterocycles. The van der Waals surface area contributed by atoms with Crippen LogP contribution in [0.15, 0.2) is 12.1 Å². The van der Waals surface area contributed by atoms with Crippen LogP contribution < -0.4 is 0 Å². The predicted molar refractivity (Wildman–Crippen MR) is 79.8 cm³/mol. The highest BCUT2D eigenvalue weighted by atomic mass is 32.1. The zero-order valence-electron chi connectivity index (χ0n) is 12.2. The minimum absolute atomic E-state index is 0.0298. The third kappa shape index (κ3) is 4.52. The highest BCUT2D eigenvalue weighted by Gasteiger charge is 2.26. The summed E-state index contributed by atoms with van der Waals surface area (Å²) in [4.78, 5) is 28.4. The maximum Gasteiger partial charge on any atom is 0.317 e. The van der Waals surface area contributed by atoms with Crippen molar-refractivity contribution in [1.29, 1.82) is 0 Å². The van der Waals surface area contributed by atoms with Crippen molar-refractivity contribution < 1.29 is 19.4 Å². The molecular weight excluding hydrogens is 292 g/mol. The van der Waals surface area contributed by atoms with Gasteiger partial charge in [-0.15, -0.1) is 11.3 Å². The van der Waals surface area contributed by atoms with Crippen molar-refractivity contribution in [3.8, 4) is 0 Å². The van der Waals surface area contributed by atoms with E-state index < -0.39 is 5.97 Å². The van der Waals surface area contributed by atoms with Crippen LogP contribution >= 0.6 is 11.3 Å². The molecule has 6 nitrogen and oxygen atoms in total. The lowest BCUT2D eigenvalue weighted by Crippen LogP contribution is -2.49. The molecule has 21 heavy (non-hydrogen) atoms. The van der Waals surface area contributed by atoms with Crippen molar-refractivity contribution >= 4 is 23.2 Å². The first-order chi connectivity index (χ1) is 9.95. The lowest BCUT2D eigenvalue weighted by Gasteiger charge is -2.34. The van der Waals surface area contributed by atoms with E-state index >= 15 is 0 Å². The number of thiophene rings is 1. The van der Waals surface area contributed by atoms with Crippen LogP contribution in [0, 0.1) is 6.92 Å². The fourth-order valence-corrected chi connectivity index (χ4v) is 3.20. The summed E-state index contributed by atoms with van der Waals surface area (Å²) in [5.41, 5.74) is 0. The maximum absolute atomic E-state index is 12.4. The molecule has 0 aliphatic carbocycles. The molecule has 0 radical (unpaired) electrons. The lowest BCUT2D eigenvalue weighted by atomic mass is 10.2. The number of amides is 1. The van der Waals surface area contributed by atoms with Gasteiger partial charge in [-0.3, -0.25) is 14.5 Å². The van der Waals surface area contributed by atoms with Crippen molar-refractivity contribution in [2.45, 2.75) is 13.0 Å². The molecule has 1 aromatic heterocycles. The van der Waals surface area contributed by atoms with Gasteiger partial charge in [-0.2, -0.15) is 0 Å². The summed E-state index contributed by atoms with van der Waals surface area (Å²) in [6, 6.07) is 3.79. The number of likely N-dealkylation sites (N-methyl/N-ethyl adjacent to an activating group) is 1. The smallest absolute Gasteiger partial charge is 0.317 e. The first kappa shape index (κ1) is 15.9. The number of carbonyl (C=O) groups excluding carboxylic acids is 1. The third-order valence-corrected chi connectivity index (χ3v) is 4.29. The Bertz CT molecular complexity index is 517. The molecule has 1 fully saturated rings. The van der Waals surface area contributed by atoms with E-state index in [1.54, 1.807) is 16.8 Å². The molecule has 1 N–H and O–H groups in total. The van der Waals surface area contributed by atoms with Gasteiger partial charge in [-0.25, -0.2) is 0 Å². The number of nitrogens with zero attached hydrogens (tertiary/aromatic N) is 2. The second-order valence-corrected chi connectivity index (χ2v) is 6.53. The molecule has 0 bridgehead atoms. The summed E-state index contributed by atoms with van der Waals surface area (Å²) in [6.07, 6.45) is -0.145. The van der Waals surface area contributed by atoms with Gasteiger partial charge >= 0.3 is 5.97 Å². The van der Waals surface area contributed by atoms with Gasteiger partial charge in [-0.1, -0.05) is 0 Å². The Labute approximate surface area is 127 Å². The van der Waals surface area contributed by atoms with Crippen molar-refractivity contribution in [3.05, 3.63) is 21.9 Å². The number of hydrogen-bond acceptors (Lipinski definition) is 5. The monoisotopic (exact) mass is 312 g/mol. The molecule has 2 heterocycles. The number of carboxylic acid groups (broad SMARTS) is 1. The number of carbonyl (C=O) groups is 2. The van der Waals surface area contributed by atoms with Crippen LogP contribution in [0.1, 0.15) is 14.5 Å². The van der Waals surface area contributed by atoms with Gasteiger partial charge in [0.05, 0.1) is 24.1 Å². The summed E-state index contributed by atoms with van der Waals surface area (Å²) >= 11 is 1.49. The van der Waals surface area contributed by atoms with Gasteiger partial charge in [0.25, 0.3) is 5.91 Å². The number of aliphatic carboxylic acids is 1. The van der Waals surface area contributed by atoms with Crippen LogP contribution in [0.4, 0.5) is 0 Å². The fourth-order valence-electron chi connectivity index (χ4n) is 2.36. The number of aryl methyl sites for hydroxylation is 1. The minimum atomic E-state index is -0.865. The average molecular weight is 312 g/mol. The quantitative estimate of drug-likeness (QED) is 0.875. The largest absolute Gasteiger partial charge is 0.480 e. The summed E-state index contributed by atoms with van der Waals surface area (Å²) in [5.74, 6) is -0.836. The van der Waals surface area contributed by atoms with Crippen LogP contribution in [0.3, 0.4) is 0 Å². The Morgan fingerprint density at radius 2 is 2.29 bits per heavy atom. The Morgan fingerprint density at radius 3 is 2.90 bits per heavy atom. The molecule has 0 aromatic carbocycles. The van der Waals surface area contributed by atoms with E-state index in [4.69, 9.17) is 9.84 Å². The molecular formula is C14H20N2O4S. The van der Waals surface area contributed by atoms with Crippen LogP contribution in [-0.2, 0) is 9.53 Å². The van der Waals surface area contributed by atoms with Crippen LogP contribution in [-0.4, -0.2) is 72.7 Å². The Balaban J connectivity index is 1.91. The predicted octanol–water partition coefficient (Wildman–Crippen LogP) is 0.914. The van der Waals surface area contributed by atoms with Gasteiger partial charge in [-0.05, 0) is 26.1 Å². The van der Waals surface area contributed by atoms with E-state index in [1.165, 1.54) is 11.3 Å². The minimum Gasteiger partial charge on any atom is -0.480 e. The van der Waals surface area contributed by atoms with E-state index in [2.05, 4.69) is 0 Å². The van der Waals surface area contributed by atoms with Crippen molar-refractivity contribution in [2.75, 3.05) is 39.8 Å². The van der Waals surface area contributed by atoms with Gasteiger partial charge in [0, 0.05) is 24.5 Å². The van der Waals surface area contributed by atoms with Crippen LogP contribution in [0.2, 0.25) is 0 Å². The Morgan fingerprint density at radius 1 is 1.52 bits per heavy atom. The van der Waals surface area contributed by atoms with E-state index in [1.807, 2.05) is 19.1 Å². The molecule has 7 heteroatoms. The molecule has 1 aromatic rings. The van der Waals surface area contributed by atoms with E-state index in [0.717, 1.165) is 9.75 Å². The lowest BCUT2D eigenvalue weighted by molar-refractivity contribution is -0.138. The first-order valence-electron chi connectivity index (χ1n) is 6.83. The molecule has 116 valence electrons. The third-order valence-electron chi connectivity index (χ3n) is 3.30. The van der Waals surface area contributed by atoms with Crippen molar-refractivity contribution in [1.82, 2.24) is 9.80 Å². The molecule has 1 unspecified atom stereocenters. The molecule has 1 atom stereocenters. The number of ether oxygens (including phenoxy) is 1. The number of carboxylic acids is 1. The van der Waals surface area contributed by atoms with E-state index in [9.17, 15) is 9.59 Å². The average Bonchev–Trinajstić information content (AvgIpc) is 2.84. The molecule has 0 saturated carbocycles. The van der Waals surface area contributed by atoms with E-state index in [0.29, 0.717) is 26.2 Å². The van der Waals surface area contributed by atoms with Crippen molar-refractivity contribution in [2.24, 2.45) is 0 Å². The maximum atomic E-state index is 12.4. The highest BCUT2D eigenvalue weighted by Crippen LogP contribution is 2.19. The summed E-state index contributed by atoms with van der Waals surface area (Å²) in [6.45, 7) is 4.01. The van der Waals surface area contributed by atoms with Gasteiger partial charge in [0.1, 0.15) is 0 Å². The van der Waals surface area contributed by atoms with Gasteiger partial charge < -0.3 is 14.7 Å². The van der Waals surface area contributed by atoms with Crippen molar-refractivity contribution in [3.63, 3.8) is 0 Å². The number of rotatable bonds is 5.